The third kappa shape index (κ3) is 3.52. The summed E-state index contributed by atoms with van der Waals surface area (Å²) in [5.74, 6) is -0.434. The molecule has 0 aliphatic heterocycles. The van der Waals surface area contributed by atoms with E-state index >= 15 is 0 Å². The summed E-state index contributed by atoms with van der Waals surface area (Å²) in [6.45, 7) is 3.77. The van der Waals surface area contributed by atoms with Crippen LogP contribution < -0.4 is 10.6 Å². The fourth-order valence-corrected chi connectivity index (χ4v) is 2.73. The molecule has 0 aliphatic carbocycles. The SMILES string of the molecule is Cc1cnc(NC(=O)c2ccc(C)c(NC(=O)c3ccco3)c2)s1. The van der Waals surface area contributed by atoms with Gasteiger partial charge in [-0.25, -0.2) is 4.98 Å². The number of benzene rings is 1. The van der Waals surface area contributed by atoms with E-state index < -0.39 is 0 Å². The molecular weight excluding hydrogens is 326 g/mol. The number of hydrogen-bond acceptors (Lipinski definition) is 5. The highest BCUT2D eigenvalue weighted by Crippen LogP contribution is 2.21. The Balaban J connectivity index is 1.78. The standard InChI is InChI=1S/C17H15N3O3S/c1-10-5-6-12(15(21)20-17-18-9-11(2)24-17)8-13(10)19-16(22)14-4-3-7-23-14/h3-9H,1-2H3,(H,19,22)(H,18,20,21). The molecule has 0 fully saturated rings. The van der Waals surface area contributed by atoms with Crippen LogP contribution in [0.5, 0.6) is 0 Å². The molecule has 3 aromatic rings. The number of anilines is 2. The first-order valence-electron chi connectivity index (χ1n) is 7.22. The van der Waals surface area contributed by atoms with Crippen LogP contribution in [0.1, 0.15) is 31.4 Å². The van der Waals surface area contributed by atoms with Crippen molar-refractivity contribution >= 4 is 34.0 Å². The maximum absolute atomic E-state index is 12.3. The molecule has 2 amide bonds. The Labute approximate surface area is 142 Å². The number of hydrogen-bond donors (Lipinski definition) is 2. The van der Waals surface area contributed by atoms with Crippen LogP contribution in [0.4, 0.5) is 10.8 Å². The minimum absolute atomic E-state index is 0.211. The summed E-state index contributed by atoms with van der Waals surface area (Å²) in [4.78, 5) is 29.5. The van der Waals surface area contributed by atoms with Crippen molar-refractivity contribution < 1.29 is 14.0 Å². The summed E-state index contributed by atoms with van der Waals surface area (Å²) in [6.07, 6.45) is 3.13. The monoisotopic (exact) mass is 341 g/mol. The van der Waals surface area contributed by atoms with Gasteiger partial charge in [0.25, 0.3) is 11.8 Å². The van der Waals surface area contributed by atoms with Crippen LogP contribution in [0.3, 0.4) is 0 Å². The number of thiazole rings is 1. The molecule has 0 spiro atoms. The highest BCUT2D eigenvalue weighted by atomic mass is 32.1. The molecule has 7 heteroatoms. The molecule has 2 aromatic heterocycles. The van der Waals surface area contributed by atoms with Gasteiger partial charge in [0.2, 0.25) is 0 Å². The van der Waals surface area contributed by atoms with E-state index in [2.05, 4.69) is 15.6 Å². The zero-order chi connectivity index (χ0) is 17.1. The quantitative estimate of drug-likeness (QED) is 0.755. The van der Waals surface area contributed by atoms with E-state index in [4.69, 9.17) is 4.42 Å². The normalized spacial score (nSPS) is 10.4. The Morgan fingerprint density at radius 3 is 2.62 bits per heavy atom. The summed E-state index contributed by atoms with van der Waals surface area (Å²) in [5.41, 5.74) is 1.83. The number of carbonyl (C=O) groups is 2. The second-order valence-electron chi connectivity index (χ2n) is 5.19. The topological polar surface area (TPSA) is 84.2 Å². The van der Waals surface area contributed by atoms with Gasteiger partial charge in [-0.15, -0.1) is 11.3 Å². The zero-order valence-corrected chi connectivity index (χ0v) is 13.9. The Morgan fingerprint density at radius 1 is 1.12 bits per heavy atom. The molecule has 1 aromatic carbocycles. The van der Waals surface area contributed by atoms with Crippen molar-refractivity contribution in [3.63, 3.8) is 0 Å². The van der Waals surface area contributed by atoms with Gasteiger partial charge >= 0.3 is 0 Å². The van der Waals surface area contributed by atoms with Crippen molar-refractivity contribution in [3.05, 3.63) is 64.6 Å². The van der Waals surface area contributed by atoms with E-state index in [1.54, 1.807) is 36.5 Å². The number of aryl methyl sites for hydroxylation is 2. The second-order valence-corrected chi connectivity index (χ2v) is 6.43. The molecule has 24 heavy (non-hydrogen) atoms. The van der Waals surface area contributed by atoms with E-state index in [0.717, 1.165) is 10.4 Å². The molecule has 0 aliphatic rings. The molecule has 6 nitrogen and oxygen atoms in total. The molecule has 2 N–H and O–H groups in total. The zero-order valence-electron chi connectivity index (χ0n) is 13.1. The number of carbonyl (C=O) groups excluding carboxylic acids is 2. The Hall–Kier alpha value is -2.93. The van der Waals surface area contributed by atoms with Gasteiger partial charge in [-0.3, -0.25) is 14.9 Å². The molecule has 2 heterocycles. The van der Waals surface area contributed by atoms with Crippen LogP contribution in [0, 0.1) is 13.8 Å². The molecule has 0 saturated heterocycles. The maximum Gasteiger partial charge on any atom is 0.291 e. The molecular formula is C17H15N3O3S. The smallest absolute Gasteiger partial charge is 0.291 e. The number of aromatic nitrogens is 1. The maximum atomic E-state index is 12.3. The third-order valence-corrected chi connectivity index (χ3v) is 4.16. The lowest BCUT2D eigenvalue weighted by Gasteiger charge is -2.09. The van der Waals surface area contributed by atoms with Crippen LogP contribution in [0.15, 0.2) is 47.2 Å². The van der Waals surface area contributed by atoms with Gasteiger partial charge in [0, 0.05) is 22.3 Å². The first-order valence-corrected chi connectivity index (χ1v) is 8.04. The highest BCUT2D eigenvalue weighted by Gasteiger charge is 2.14. The number of amides is 2. The van der Waals surface area contributed by atoms with E-state index in [0.29, 0.717) is 16.4 Å². The van der Waals surface area contributed by atoms with Crippen LogP contribution in [-0.2, 0) is 0 Å². The largest absolute Gasteiger partial charge is 0.459 e. The minimum atomic E-state index is -0.365. The fraction of sp³-hybridized carbons (Fsp3) is 0.118. The summed E-state index contributed by atoms with van der Waals surface area (Å²) in [7, 11) is 0. The van der Waals surface area contributed by atoms with Crippen molar-refractivity contribution in [2.24, 2.45) is 0 Å². The van der Waals surface area contributed by atoms with Gasteiger partial charge < -0.3 is 9.73 Å². The van der Waals surface area contributed by atoms with E-state index in [-0.39, 0.29) is 17.6 Å². The lowest BCUT2D eigenvalue weighted by atomic mass is 10.1. The Morgan fingerprint density at radius 2 is 1.96 bits per heavy atom. The van der Waals surface area contributed by atoms with E-state index in [1.165, 1.54) is 17.6 Å². The summed E-state index contributed by atoms with van der Waals surface area (Å²) in [6, 6.07) is 8.33. The molecule has 0 bridgehead atoms. The lowest BCUT2D eigenvalue weighted by molar-refractivity contribution is 0.0993. The summed E-state index contributed by atoms with van der Waals surface area (Å²) in [5, 5.41) is 6.03. The minimum Gasteiger partial charge on any atom is -0.459 e. The third-order valence-electron chi connectivity index (χ3n) is 3.33. The van der Waals surface area contributed by atoms with Gasteiger partial charge in [0.05, 0.1) is 6.26 Å². The summed E-state index contributed by atoms with van der Waals surface area (Å²) >= 11 is 1.40. The molecule has 0 saturated carbocycles. The van der Waals surface area contributed by atoms with Gasteiger partial charge in [-0.2, -0.15) is 0 Å². The van der Waals surface area contributed by atoms with Crippen molar-refractivity contribution in [1.29, 1.82) is 0 Å². The van der Waals surface area contributed by atoms with Gasteiger partial charge in [-0.05, 0) is 43.7 Å². The second kappa shape index (κ2) is 6.67. The molecule has 0 unspecified atom stereocenters. The number of nitrogens with zero attached hydrogens (tertiary/aromatic N) is 1. The first kappa shape index (κ1) is 15.9. The average Bonchev–Trinajstić information content (AvgIpc) is 3.21. The van der Waals surface area contributed by atoms with Crippen molar-refractivity contribution in [2.75, 3.05) is 10.6 Å². The van der Waals surface area contributed by atoms with Gasteiger partial charge in [0.1, 0.15) is 0 Å². The molecule has 3 rings (SSSR count). The Kier molecular flexibility index (Phi) is 4.43. The van der Waals surface area contributed by atoms with E-state index in [1.807, 2.05) is 13.8 Å². The first-order chi connectivity index (χ1) is 11.5. The Bertz CT molecular complexity index is 884. The average molecular weight is 341 g/mol. The van der Waals surface area contributed by atoms with Crippen molar-refractivity contribution in [2.45, 2.75) is 13.8 Å². The van der Waals surface area contributed by atoms with Crippen LogP contribution in [0.2, 0.25) is 0 Å². The molecule has 122 valence electrons. The predicted molar refractivity (Wildman–Crippen MR) is 92.6 cm³/mol. The predicted octanol–water partition coefficient (Wildman–Crippen LogP) is 3.86. The van der Waals surface area contributed by atoms with Gasteiger partial charge in [-0.1, -0.05) is 6.07 Å². The molecule has 0 atom stereocenters. The van der Waals surface area contributed by atoms with E-state index in [9.17, 15) is 9.59 Å². The summed E-state index contributed by atoms with van der Waals surface area (Å²) < 4.78 is 5.07. The van der Waals surface area contributed by atoms with Gasteiger partial charge in [0.15, 0.2) is 10.9 Å². The number of rotatable bonds is 4. The van der Waals surface area contributed by atoms with Crippen LogP contribution in [0.25, 0.3) is 0 Å². The molecule has 0 radical (unpaired) electrons. The van der Waals surface area contributed by atoms with Crippen LogP contribution >= 0.6 is 11.3 Å². The fourth-order valence-electron chi connectivity index (χ4n) is 2.07. The number of nitrogens with one attached hydrogen (secondary N) is 2. The van der Waals surface area contributed by atoms with Crippen molar-refractivity contribution in [1.82, 2.24) is 4.98 Å². The highest BCUT2D eigenvalue weighted by molar-refractivity contribution is 7.15. The van der Waals surface area contributed by atoms with Crippen LogP contribution in [-0.4, -0.2) is 16.8 Å². The lowest BCUT2D eigenvalue weighted by Crippen LogP contribution is -2.15. The van der Waals surface area contributed by atoms with Crippen molar-refractivity contribution in [3.8, 4) is 0 Å². The number of furan rings is 1.